The molecule has 1 amide bonds. The van der Waals surface area contributed by atoms with Crippen LogP contribution >= 0.6 is 0 Å². The van der Waals surface area contributed by atoms with Gasteiger partial charge in [0.25, 0.3) is 5.91 Å². The van der Waals surface area contributed by atoms with Gasteiger partial charge in [-0.3, -0.25) is 15.6 Å². The van der Waals surface area contributed by atoms with Gasteiger partial charge in [0.1, 0.15) is 36.4 Å². The van der Waals surface area contributed by atoms with Crippen molar-refractivity contribution in [1.29, 1.82) is 10.8 Å². The molecule has 4 rings (SSSR count). The molecular formula is C29H34N6O3. The highest BCUT2D eigenvalue weighted by Crippen LogP contribution is 2.28. The number of benzene rings is 3. The van der Waals surface area contributed by atoms with E-state index in [-0.39, 0.29) is 42.9 Å². The highest BCUT2D eigenvalue weighted by atomic mass is 16.5. The van der Waals surface area contributed by atoms with Crippen LogP contribution in [0.4, 0.5) is 0 Å². The predicted molar refractivity (Wildman–Crippen MR) is 148 cm³/mol. The molecule has 9 heteroatoms. The number of nitrogens with two attached hydrogens (primary N) is 3. The Bertz CT molecular complexity index is 1320. The van der Waals surface area contributed by atoms with Gasteiger partial charge in [0.15, 0.2) is 0 Å². The first-order valence-corrected chi connectivity index (χ1v) is 12.6. The monoisotopic (exact) mass is 514 g/mol. The molecule has 1 saturated carbocycles. The van der Waals surface area contributed by atoms with Crippen LogP contribution in [0.1, 0.15) is 58.3 Å². The van der Waals surface area contributed by atoms with Crippen LogP contribution in [-0.4, -0.2) is 29.7 Å². The first-order chi connectivity index (χ1) is 18.3. The summed E-state index contributed by atoms with van der Waals surface area (Å²) in [4.78, 5) is 13.2. The van der Waals surface area contributed by atoms with Gasteiger partial charge in [0, 0.05) is 29.3 Å². The molecule has 9 N–H and O–H groups in total. The highest BCUT2D eigenvalue weighted by molar-refractivity contribution is 5.97. The quantitative estimate of drug-likeness (QED) is 0.179. The minimum absolute atomic E-state index is 0.00769. The molecule has 0 aromatic heterocycles. The molecule has 0 aliphatic heterocycles. The Hall–Kier alpha value is -4.37. The van der Waals surface area contributed by atoms with Gasteiger partial charge in [0.05, 0.1) is 5.56 Å². The largest absolute Gasteiger partial charge is 0.489 e. The number of hydrogen-bond acceptors (Lipinski definition) is 6. The minimum Gasteiger partial charge on any atom is -0.489 e. The van der Waals surface area contributed by atoms with Crippen molar-refractivity contribution >= 4 is 17.6 Å². The van der Waals surface area contributed by atoms with Crippen LogP contribution in [0.25, 0.3) is 0 Å². The second-order valence-corrected chi connectivity index (χ2v) is 9.55. The normalized spacial score (nSPS) is 16.9. The van der Waals surface area contributed by atoms with Crippen molar-refractivity contribution in [2.45, 2.75) is 51.0 Å². The molecule has 0 atom stereocenters. The highest BCUT2D eigenvalue weighted by Gasteiger charge is 2.22. The van der Waals surface area contributed by atoms with E-state index in [2.05, 4.69) is 5.32 Å². The number of nitrogen functional groups attached to an aromatic ring is 2. The van der Waals surface area contributed by atoms with Crippen molar-refractivity contribution in [3.05, 3.63) is 94.5 Å². The third-order valence-corrected chi connectivity index (χ3v) is 6.58. The zero-order valence-corrected chi connectivity index (χ0v) is 21.2. The lowest BCUT2D eigenvalue weighted by molar-refractivity contribution is 0.0921. The summed E-state index contributed by atoms with van der Waals surface area (Å²) in [5.41, 5.74) is 20.5. The fourth-order valence-electron chi connectivity index (χ4n) is 4.41. The number of amides is 1. The Morgan fingerprint density at radius 1 is 0.816 bits per heavy atom. The van der Waals surface area contributed by atoms with E-state index in [1.807, 2.05) is 24.3 Å². The van der Waals surface area contributed by atoms with Gasteiger partial charge >= 0.3 is 0 Å². The lowest BCUT2D eigenvalue weighted by atomic mass is 9.91. The molecule has 9 nitrogen and oxygen atoms in total. The van der Waals surface area contributed by atoms with Crippen LogP contribution in [0, 0.1) is 10.8 Å². The van der Waals surface area contributed by atoms with Crippen LogP contribution in [-0.2, 0) is 13.2 Å². The average molecular weight is 515 g/mol. The van der Waals surface area contributed by atoms with Gasteiger partial charge in [-0.05, 0) is 61.1 Å². The van der Waals surface area contributed by atoms with Crippen molar-refractivity contribution in [2.75, 3.05) is 0 Å². The molecule has 0 bridgehead atoms. The summed E-state index contributed by atoms with van der Waals surface area (Å²) in [7, 11) is 0. The summed E-state index contributed by atoms with van der Waals surface area (Å²) < 4.78 is 12.1. The molecule has 3 aromatic carbocycles. The van der Waals surface area contributed by atoms with Gasteiger partial charge in [-0.15, -0.1) is 0 Å². The summed E-state index contributed by atoms with van der Waals surface area (Å²) in [6.07, 6.45) is 3.47. The molecule has 3 aromatic rings. The number of amidine groups is 2. The van der Waals surface area contributed by atoms with Gasteiger partial charge in [-0.1, -0.05) is 36.4 Å². The molecule has 0 unspecified atom stereocenters. The van der Waals surface area contributed by atoms with E-state index in [4.69, 9.17) is 37.5 Å². The molecule has 198 valence electrons. The second kappa shape index (κ2) is 12.2. The van der Waals surface area contributed by atoms with Crippen LogP contribution in [0.3, 0.4) is 0 Å². The fourth-order valence-corrected chi connectivity index (χ4v) is 4.41. The molecular weight excluding hydrogens is 480 g/mol. The Labute approximate surface area is 222 Å². The molecule has 1 fully saturated rings. The molecule has 0 radical (unpaired) electrons. The summed E-state index contributed by atoms with van der Waals surface area (Å²) >= 11 is 0. The smallest absolute Gasteiger partial charge is 0.255 e. The Morgan fingerprint density at radius 3 is 1.97 bits per heavy atom. The number of rotatable bonds is 10. The maximum absolute atomic E-state index is 13.2. The van der Waals surface area contributed by atoms with Crippen molar-refractivity contribution < 1.29 is 14.3 Å². The van der Waals surface area contributed by atoms with Crippen LogP contribution < -0.4 is 32.0 Å². The summed E-state index contributed by atoms with van der Waals surface area (Å²) in [5, 5.41) is 18.4. The first kappa shape index (κ1) is 26.7. The number of hydrogen-bond donors (Lipinski definition) is 6. The van der Waals surface area contributed by atoms with E-state index < -0.39 is 0 Å². The molecule has 0 heterocycles. The minimum atomic E-state index is -0.210. The predicted octanol–water partition coefficient (Wildman–Crippen LogP) is 3.41. The Morgan fingerprint density at radius 2 is 1.39 bits per heavy atom. The van der Waals surface area contributed by atoms with Crippen LogP contribution in [0.15, 0.2) is 66.7 Å². The zero-order chi connectivity index (χ0) is 27.1. The van der Waals surface area contributed by atoms with E-state index >= 15 is 0 Å². The van der Waals surface area contributed by atoms with E-state index in [0.717, 1.165) is 36.8 Å². The molecule has 1 aliphatic rings. The fraction of sp³-hybridized carbons (Fsp3) is 0.276. The maximum atomic E-state index is 13.2. The van der Waals surface area contributed by atoms with E-state index in [1.54, 1.807) is 42.5 Å². The third kappa shape index (κ3) is 7.10. The van der Waals surface area contributed by atoms with Crippen LogP contribution in [0.2, 0.25) is 0 Å². The van der Waals surface area contributed by atoms with E-state index in [9.17, 15) is 4.79 Å². The van der Waals surface area contributed by atoms with E-state index in [1.165, 1.54) is 0 Å². The van der Waals surface area contributed by atoms with Crippen LogP contribution in [0.5, 0.6) is 11.5 Å². The van der Waals surface area contributed by atoms with Crippen molar-refractivity contribution in [2.24, 2.45) is 17.2 Å². The Balaban J connectivity index is 1.52. The van der Waals surface area contributed by atoms with Gasteiger partial charge in [-0.25, -0.2) is 0 Å². The summed E-state index contributed by atoms with van der Waals surface area (Å²) in [6.45, 7) is 0.443. The lowest BCUT2D eigenvalue weighted by Gasteiger charge is -2.27. The number of ether oxygens (including phenoxy) is 2. The number of carbonyl (C=O) groups excluding carboxylic acids is 1. The summed E-state index contributed by atoms with van der Waals surface area (Å²) in [5.74, 6) is 0.679. The second-order valence-electron chi connectivity index (χ2n) is 9.55. The molecule has 0 spiro atoms. The van der Waals surface area contributed by atoms with E-state index in [0.29, 0.717) is 28.2 Å². The van der Waals surface area contributed by atoms with Crippen molar-refractivity contribution in [3.63, 3.8) is 0 Å². The zero-order valence-electron chi connectivity index (χ0n) is 21.2. The number of carbonyl (C=O) groups is 1. The molecule has 1 aliphatic carbocycles. The average Bonchev–Trinajstić information content (AvgIpc) is 2.92. The first-order valence-electron chi connectivity index (χ1n) is 12.6. The van der Waals surface area contributed by atoms with Gasteiger partial charge in [0.2, 0.25) is 0 Å². The Kier molecular flexibility index (Phi) is 8.60. The van der Waals surface area contributed by atoms with Crippen molar-refractivity contribution in [3.8, 4) is 11.5 Å². The maximum Gasteiger partial charge on any atom is 0.255 e. The standard InChI is InChI=1S/C29H34N6O3/c30-22-7-9-23(10-8-22)35-29(36)25-12-11-24(37-16-18-3-1-5-20(13-18)27(31)32)15-26(25)38-17-19-4-2-6-21(14-19)28(33)34/h1-6,11-15,22-23H,7-10,16-17,30H2,(H3,31,32)(H3,33,34)(H,35,36). The molecule has 0 saturated heterocycles. The summed E-state index contributed by atoms with van der Waals surface area (Å²) in [6, 6.07) is 19.9. The molecule has 38 heavy (non-hydrogen) atoms. The topological polar surface area (TPSA) is 173 Å². The van der Waals surface area contributed by atoms with Gasteiger partial charge < -0.3 is 32.0 Å². The van der Waals surface area contributed by atoms with Gasteiger partial charge in [-0.2, -0.15) is 0 Å². The van der Waals surface area contributed by atoms with Crippen molar-refractivity contribution in [1.82, 2.24) is 5.32 Å². The SMILES string of the molecule is N=C(N)c1cccc(COc2ccc(C(=O)NC3CCC(N)CC3)c(OCc3cccc(C(=N)N)c3)c2)c1. The third-order valence-electron chi connectivity index (χ3n) is 6.58. The lowest BCUT2D eigenvalue weighted by Crippen LogP contribution is -2.40. The number of nitrogens with one attached hydrogen (secondary N) is 3.